The van der Waals surface area contributed by atoms with Crippen LogP contribution in [0.5, 0.6) is 17.2 Å². The van der Waals surface area contributed by atoms with E-state index in [1.54, 1.807) is 48.5 Å². The molecule has 0 unspecified atom stereocenters. The number of hydrogen-bond donors (Lipinski definition) is 1. The summed E-state index contributed by atoms with van der Waals surface area (Å²) in [5.74, 6) is 1.54. The van der Waals surface area contributed by atoms with Crippen LogP contribution in [-0.2, 0) is 0 Å². The molecule has 0 bridgehead atoms. The predicted octanol–water partition coefficient (Wildman–Crippen LogP) is 4.33. The maximum atomic E-state index is 12.2. The summed E-state index contributed by atoms with van der Waals surface area (Å²) in [6.45, 7) is 4.81. The van der Waals surface area contributed by atoms with E-state index >= 15 is 0 Å². The van der Waals surface area contributed by atoms with Crippen molar-refractivity contribution in [3.63, 3.8) is 0 Å². The van der Waals surface area contributed by atoms with Crippen molar-refractivity contribution in [3.05, 3.63) is 59.7 Å². The highest BCUT2D eigenvalue weighted by Crippen LogP contribution is 2.26. The third-order valence-electron chi connectivity index (χ3n) is 3.35. The van der Waals surface area contributed by atoms with Crippen LogP contribution in [0.3, 0.4) is 0 Å². The van der Waals surface area contributed by atoms with E-state index < -0.39 is 0 Å². The van der Waals surface area contributed by atoms with Crippen LogP contribution in [0.1, 0.15) is 29.8 Å². The normalized spacial score (nSPS) is 11.0. The van der Waals surface area contributed by atoms with Crippen LogP contribution >= 0.6 is 0 Å². The van der Waals surface area contributed by atoms with Gasteiger partial charge in [0.1, 0.15) is 5.75 Å². The number of carbonyl (C=O) groups is 1. The van der Waals surface area contributed by atoms with E-state index in [1.807, 2.05) is 0 Å². The molecular weight excluding hydrogens is 304 g/mol. The summed E-state index contributed by atoms with van der Waals surface area (Å²) in [4.78, 5) is 12.2. The van der Waals surface area contributed by atoms with Crippen LogP contribution in [0.15, 0.2) is 48.5 Å². The number of rotatable bonds is 7. The Morgan fingerprint density at radius 2 is 1.88 bits per heavy atom. The minimum absolute atomic E-state index is 0.0405. The van der Waals surface area contributed by atoms with Gasteiger partial charge in [-0.3, -0.25) is 4.79 Å². The molecule has 2 aromatic carbocycles. The molecule has 0 radical (unpaired) electrons. The van der Waals surface area contributed by atoms with Crippen LogP contribution in [0.25, 0.3) is 6.08 Å². The van der Waals surface area contributed by atoms with Crippen LogP contribution < -0.4 is 9.47 Å². The summed E-state index contributed by atoms with van der Waals surface area (Å²) in [5.41, 5.74) is 1.31. The molecule has 4 heteroatoms. The number of phenols is 1. The molecule has 0 saturated carbocycles. The Balaban J connectivity index is 2.02. The molecule has 0 fully saturated rings. The first-order chi connectivity index (χ1) is 11.5. The Labute approximate surface area is 142 Å². The number of ketones is 1. The molecule has 1 N–H and O–H groups in total. The van der Waals surface area contributed by atoms with Gasteiger partial charge >= 0.3 is 0 Å². The summed E-state index contributed by atoms with van der Waals surface area (Å²) < 4.78 is 10.6. The highest BCUT2D eigenvalue weighted by atomic mass is 16.5. The molecule has 24 heavy (non-hydrogen) atoms. The number of methoxy groups -OCH3 is 1. The number of aromatic hydroxyl groups is 1. The Hall–Kier alpha value is -2.75. The molecule has 126 valence electrons. The molecule has 2 aromatic rings. The second-order valence-electron chi connectivity index (χ2n) is 5.86. The van der Waals surface area contributed by atoms with Crippen molar-refractivity contribution in [1.82, 2.24) is 0 Å². The average Bonchev–Trinajstić information content (AvgIpc) is 2.58. The third-order valence-corrected chi connectivity index (χ3v) is 3.35. The number of carbonyl (C=O) groups excluding carboxylic acids is 1. The lowest BCUT2D eigenvalue weighted by molar-refractivity contribution is 0.104. The summed E-state index contributed by atoms with van der Waals surface area (Å²) >= 11 is 0. The van der Waals surface area contributed by atoms with Gasteiger partial charge in [-0.2, -0.15) is 0 Å². The maximum Gasteiger partial charge on any atom is 0.185 e. The van der Waals surface area contributed by atoms with Gasteiger partial charge in [-0.25, -0.2) is 0 Å². The van der Waals surface area contributed by atoms with E-state index in [2.05, 4.69) is 13.8 Å². The van der Waals surface area contributed by atoms with Gasteiger partial charge in [0, 0.05) is 5.56 Å². The van der Waals surface area contributed by atoms with Crippen molar-refractivity contribution in [3.8, 4) is 17.2 Å². The monoisotopic (exact) mass is 326 g/mol. The molecule has 2 rings (SSSR count). The summed E-state index contributed by atoms with van der Waals surface area (Å²) in [6.07, 6.45) is 3.13. The van der Waals surface area contributed by atoms with Gasteiger partial charge in [-0.05, 0) is 54.0 Å². The Bertz CT molecular complexity index is 715. The smallest absolute Gasteiger partial charge is 0.185 e. The fourth-order valence-electron chi connectivity index (χ4n) is 2.06. The molecule has 0 aliphatic carbocycles. The molecule has 0 heterocycles. The summed E-state index contributed by atoms with van der Waals surface area (Å²) in [6, 6.07) is 12.0. The highest BCUT2D eigenvalue weighted by Gasteiger charge is 2.04. The average molecular weight is 326 g/mol. The molecule has 0 aromatic heterocycles. The van der Waals surface area contributed by atoms with Crippen LogP contribution in [0.4, 0.5) is 0 Å². The van der Waals surface area contributed by atoms with Gasteiger partial charge < -0.3 is 14.6 Å². The molecule has 0 aliphatic heterocycles. The number of phenolic OH excluding ortho intramolecular Hbond substituents is 1. The van der Waals surface area contributed by atoms with E-state index in [4.69, 9.17) is 9.47 Å². The number of allylic oxidation sites excluding steroid dienone is 1. The number of benzene rings is 2. The van der Waals surface area contributed by atoms with E-state index in [0.717, 1.165) is 11.3 Å². The molecule has 4 nitrogen and oxygen atoms in total. The van der Waals surface area contributed by atoms with Gasteiger partial charge in [-0.15, -0.1) is 0 Å². The minimum Gasteiger partial charge on any atom is -0.504 e. The fraction of sp³-hybridized carbons (Fsp3) is 0.250. The molecule has 0 aliphatic rings. The predicted molar refractivity (Wildman–Crippen MR) is 94.8 cm³/mol. The second kappa shape index (κ2) is 8.20. The van der Waals surface area contributed by atoms with Crippen LogP contribution in [0.2, 0.25) is 0 Å². The lowest BCUT2D eigenvalue weighted by Gasteiger charge is -2.08. The van der Waals surface area contributed by atoms with Crippen LogP contribution in [0, 0.1) is 5.92 Å². The van der Waals surface area contributed by atoms with Crippen molar-refractivity contribution in [1.29, 1.82) is 0 Å². The first-order valence-corrected chi connectivity index (χ1v) is 7.82. The lowest BCUT2D eigenvalue weighted by atomic mass is 10.1. The molecule has 0 atom stereocenters. The fourth-order valence-corrected chi connectivity index (χ4v) is 2.06. The van der Waals surface area contributed by atoms with Crippen LogP contribution in [-0.4, -0.2) is 24.6 Å². The van der Waals surface area contributed by atoms with Crippen molar-refractivity contribution >= 4 is 11.9 Å². The van der Waals surface area contributed by atoms with Gasteiger partial charge in [0.05, 0.1) is 13.7 Å². The summed E-state index contributed by atoms with van der Waals surface area (Å²) in [5, 5.41) is 9.74. The SMILES string of the molecule is COc1ccc(/C=C/C(=O)c2ccc(OCC(C)C)cc2)cc1O. The topological polar surface area (TPSA) is 55.8 Å². The van der Waals surface area contributed by atoms with E-state index in [-0.39, 0.29) is 11.5 Å². The number of ether oxygens (including phenoxy) is 2. The molecule has 0 saturated heterocycles. The zero-order chi connectivity index (χ0) is 17.5. The standard InChI is InChI=1S/C20H22O4/c1-14(2)13-24-17-8-6-16(7-9-17)18(21)10-4-15-5-11-20(23-3)19(22)12-15/h4-12,14,22H,13H2,1-3H3/b10-4+. The van der Waals surface area contributed by atoms with Crippen molar-refractivity contribution in [2.24, 2.45) is 5.92 Å². The number of hydrogen-bond acceptors (Lipinski definition) is 4. The molecule has 0 amide bonds. The van der Waals surface area contributed by atoms with Gasteiger partial charge in [0.15, 0.2) is 17.3 Å². The maximum absolute atomic E-state index is 12.2. The minimum atomic E-state index is -0.110. The van der Waals surface area contributed by atoms with Gasteiger partial charge in [-0.1, -0.05) is 26.0 Å². The lowest BCUT2D eigenvalue weighted by Crippen LogP contribution is -2.04. The second-order valence-corrected chi connectivity index (χ2v) is 5.86. The summed E-state index contributed by atoms with van der Waals surface area (Å²) in [7, 11) is 1.49. The largest absolute Gasteiger partial charge is 0.504 e. The highest BCUT2D eigenvalue weighted by molar-refractivity contribution is 6.06. The first kappa shape index (κ1) is 17.6. The van der Waals surface area contributed by atoms with Crippen molar-refractivity contribution in [2.45, 2.75) is 13.8 Å². The zero-order valence-electron chi connectivity index (χ0n) is 14.2. The zero-order valence-corrected chi connectivity index (χ0v) is 14.2. The van der Waals surface area contributed by atoms with E-state index in [0.29, 0.717) is 23.8 Å². The first-order valence-electron chi connectivity index (χ1n) is 7.82. The van der Waals surface area contributed by atoms with E-state index in [9.17, 15) is 9.90 Å². The van der Waals surface area contributed by atoms with Crippen molar-refractivity contribution in [2.75, 3.05) is 13.7 Å². The third kappa shape index (κ3) is 4.88. The molecular formula is C20H22O4. The van der Waals surface area contributed by atoms with Gasteiger partial charge in [0.25, 0.3) is 0 Å². The van der Waals surface area contributed by atoms with Gasteiger partial charge in [0.2, 0.25) is 0 Å². The Morgan fingerprint density at radius 3 is 2.46 bits per heavy atom. The molecule has 0 spiro atoms. The van der Waals surface area contributed by atoms with Crippen molar-refractivity contribution < 1.29 is 19.4 Å². The van der Waals surface area contributed by atoms with E-state index in [1.165, 1.54) is 13.2 Å². The Kier molecular flexibility index (Phi) is 6.01. The quantitative estimate of drug-likeness (QED) is 0.608. The Morgan fingerprint density at radius 1 is 1.17 bits per heavy atom.